The van der Waals surface area contributed by atoms with Gasteiger partial charge >= 0.3 is 11.9 Å². The maximum absolute atomic E-state index is 10.5. The predicted molar refractivity (Wildman–Crippen MR) is 69.7 cm³/mol. The van der Waals surface area contributed by atoms with Gasteiger partial charge in [0.15, 0.2) is 0 Å². The molecule has 1 aromatic carbocycles. The number of carboxylic acid groups (broad SMARTS) is 2. The van der Waals surface area contributed by atoms with Crippen LogP contribution in [0.3, 0.4) is 0 Å². The van der Waals surface area contributed by atoms with Crippen molar-refractivity contribution in [2.45, 2.75) is 32.2 Å². The molecule has 7 heteroatoms. The first-order chi connectivity index (χ1) is 9.18. The highest BCUT2D eigenvalue weighted by Crippen LogP contribution is 2.07. The summed E-state index contributed by atoms with van der Waals surface area (Å²) in [6, 6.07) is 5.48. The minimum atomic E-state index is -1.23. The fourth-order valence-corrected chi connectivity index (χ4v) is 1.26. The van der Waals surface area contributed by atoms with Gasteiger partial charge < -0.3 is 25.5 Å². The normalized spacial score (nSPS) is 14.4. The standard InChI is InChI=1S/C8H6O4.C5H12O3/c9-7(10)5-3-1-2-4-6(5)8(11)12;1-3(6)5(8)4(2)7/h1-4H,(H,9,10)(H,11,12);3-8H,1-2H3. The molecule has 0 saturated heterocycles. The molecule has 0 spiro atoms. The van der Waals surface area contributed by atoms with Gasteiger partial charge in [0.2, 0.25) is 0 Å². The second-order valence-corrected chi connectivity index (χ2v) is 4.13. The van der Waals surface area contributed by atoms with Gasteiger partial charge in [-0.25, -0.2) is 9.59 Å². The first kappa shape index (κ1) is 18.0. The number of benzene rings is 1. The number of hydrogen-bond donors (Lipinski definition) is 5. The van der Waals surface area contributed by atoms with E-state index in [0.717, 1.165) is 0 Å². The molecule has 5 N–H and O–H groups in total. The van der Waals surface area contributed by atoms with Gasteiger partial charge in [0.1, 0.15) is 6.10 Å². The van der Waals surface area contributed by atoms with Crippen LogP contribution in [0.15, 0.2) is 24.3 Å². The van der Waals surface area contributed by atoms with Gasteiger partial charge in [0, 0.05) is 0 Å². The first-order valence-electron chi connectivity index (χ1n) is 5.78. The number of hydrogen-bond acceptors (Lipinski definition) is 5. The third-order valence-corrected chi connectivity index (χ3v) is 2.38. The largest absolute Gasteiger partial charge is 0.478 e. The van der Waals surface area contributed by atoms with Gasteiger partial charge in [-0.15, -0.1) is 0 Å². The Kier molecular flexibility index (Phi) is 7.45. The lowest BCUT2D eigenvalue weighted by atomic mass is 10.1. The van der Waals surface area contributed by atoms with Crippen molar-refractivity contribution in [3.63, 3.8) is 0 Å². The highest BCUT2D eigenvalue weighted by molar-refractivity contribution is 6.01. The molecule has 0 aromatic heterocycles. The first-order valence-corrected chi connectivity index (χ1v) is 5.78. The lowest BCUT2D eigenvalue weighted by Gasteiger charge is -2.15. The molecule has 1 rings (SSSR count). The van der Waals surface area contributed by atoms with Crippen LogP contribution in [0.1, 0.15) is 34.6 Å². The van der Waals surface area contributed by atoms with Crippen molar-refractivity contribution in [3.8, 4) is 0 Å². The molecule has 0 radical (unpaired) electrons. The van der Waals surface area contributed by atoms with E-state index in [1.54, 1.807) is 0 Å². The Morgan fingerprint density at radius 2 is 1.15 bits per heavy atom. The van der Waals surface area contributed by atoms with Crippen LogP contribution in [0.2, 0.25) is 0 Å². The van der Waals surface area contributed by atoms with Crippen molar-refractivity contribution in [1.29, 1.82) is 0 Å². The fraction of sp³-hybridized carbons (Fsp3) is 0.385. The molecule has 0 amide bonds. The summed E-state index contributed by atoms with van der Waals surface area (Å²) in [7, 11) is 0. The molecule has 112 valence electrons. The average Bonchev–Trinajstić information content (AvgIpc) is 2.38. The van der Waals surface area contributed by atoms with E-state index in [0.29, 0.717) is 0 Å². The number of rotatable bonds is 4. The highest BCUT2D eigenvalue weighted by Gasteiger charge is 2.15. The molecule has 0 saturated carbocycles. The van der Waals surface area contributed by atoms with Crippen molar-refractivity contribution >= 4 is 11.9 Å². The summed E-state index contributed by atoms with van der Waals surface area (Å²) in [6.07, 6.45) is -2.72. The third kappa shape index (κ3) is 5.79. The fourth-order valence-electron chi connectivity index (χ4n) is 1.26. The van der Waals surface area contributed by atoms with E-state index >= 15 is 0 Å². The van der Waals surface area contributed by atoms with E-state index in [1.165, 1.54) is 38.1 Å². The van der Waals surface area contributed by atoms with Crippen molar-refractivity contribution < 1.29 is 35.1 Å². The molecule has 0 aliphatic heterocycles. The van der Waals surface area contributed by atoms with Crippen molar-refractivity contribution in [2.24, 2.45) is 0 Å². The van der Waals surface area contributed by atoms with Gasteiger partial charge in [-0.2, -0.15) is 0 Å². The maximum atomic E-state index is 10.5. The summed E-state index contributed by atoms with van der Waals surface area (Å²) >= 11 is 0. The van der Waals surface area contributed by atoms with Gasteiger partial charge in [0.05, 0.1) is 23.3 Å². The average molecular weight is 286 g/mol. The van der Waals surface area contributed by atoms with Crippen LogP contribution in [0.25, 0.3) is 0 Å². The summed E-state index contributed by atoms with van der Waals surface area (Å²) < 4.78 is 0. The Morgan fingerprint density at radius 1 is 0.850 bits per heavy atom. The van der Waals surface area contributed by atoms with E-state index in [-0.39, 0.29) is 11.1 Å². The number of aliphatic hydroxyl groups excluding tert-OH is 3. The molecule has 2 atom stereocenters. The second-order valence-electron chi connectivity index (χ2n) is 4.13. The molecular formula is C13H18O7. The zero-order valence-corrected chi connectivity index (χ0v) is 11.1. The molecule has 0 fully saturated rings. The van der Waals surface area contributed by atoms with Crippen LogP contribution in [0, 0.1) is 0 Å². The Hall–Kier alpha value is -1.96. The van der Waals surface area contributed by atoms with Gasteiger partial charge in [-0.3, -0.25) is 0 Å². The lowest BCUT2D eigenvalue weighted by molar-refractivity contribution is -0.0438. The van der Waals surface area contributed by atoms with Crippen molar-refractivity contribution in [2.75, 3.05) is 0 Å². The summed E-state index contributed by atoms with van der Waals surface area (Å²) in [5, 5.41) is 43.0. The lowest BCUT2D eigenvalue weighted by Crippen LogP contribution is -2.33. The molecule has 1 aromatic rings. The molecule has 0 heterocycles. The molecule has 0 aliphatic carbocycles. The molecule has 0 aliphatic rings. The van der Waals surface area contributed by atoms with Crippen molar-refractivity contribution in [1.82, 2.24) is 0 Å². The minimum absolute atomic E-state index is 0.190. The number of aliphatic hydroxyl groups is 3. The zero-order chi connectivity index (χ0) is 15.9. The van der Waals surface area contributed by atoms with E-state index in [2.05, 4.69) is 0 Å². The van der Waals surface area contributed by atoms with Crippen LogP contribution in [0.4, 0.5) is 0 Å². The van der Waals surface area contributed by atoms with Gasteiger partial charge in [-0.05, 0) is 26.0 Å². The summed E-state index contributed by atoms with van der Waals surface area (Å²) in [5.41, 5.74) is -0.380. The predicted octanol–water partition coefficient (Wildman–Crippen LogP) is 0.192. The van der Waals surface area contributed by atoms with E-state index in [1.807, 2.05) is 0 Å². The minimum Gasteiger partial charge on any atom is -0.478 e. The third-order valence-electron chi connectivity index (χ3n) is 2.38. The summed E-state index contributed by atoms with van der Waals surface area (Å²) in [5.74, 6) is -2.46. The Morgan fingerprint density at radius 3 is 1.30 bits per heavy atom. The highest BCUT2D eigenvalue weighted by atomic mass is 16.4. The number of carbonyl (C=O) groups is 2. The number of carboxylic acids is 2. The quantitative estimate of drug-likeness (QED) is 0.533. The van der Waals surface area contributed by atoms with Gasteiger partial charge in [-0.1, -0.05) is 12.1 Å². The maximum Gasteiger partial charge on any atom is 0.336 e. The molecule has 0 bridgehead atoms. The molecule has 20 heavy (non-hydrogen) atoms. The topological polar surface area (TPSA) is 135 Å². The zero-order valence-electron chi connectivity index (χ0n) is 11.1. The molecule has 2 unspecified atom stereocenters. The van der Waals surface area contributed by atoms with E-state index < -0.39 is 30.3 Å². The molecular weight excluding hydrogens is 268 g/mol. The van der Waals surface area contributed by atoms with E-state index in [9.17, 15) is 9.59 Å². The second kappa shape index (κ2) is 8.26. The Bertz CT molecular complexity index is 413. The van der Waals surface area contributed by atoms with Crippen LogP contribution in [-0.2, 0) is 0 Å². The Labute approximate surface area is 115 Å². The van der Waals surface area contributed by atoms with E-state index in [4.69, 9.17) is 25.5 Å². The van der Waals surface area contributed by atoms with Crippen LogP contribution in [-0.4, -0.2) is 55.8 Å². The van der Waals surface area contributed by atoms with Crippen LogP contribution < -0.4 is 0 Å². The van der Waals surface area contributed by atoms with Gasteiger partial charge in [0.25, 0.3) is 0 Å². The monoisotopic (exact) mass is 286 g/mol. The van der Waals surface area contributed by atoms with Crippen molar-refractivity contribution in [3.05, 3.63) is 35.4 Å². The molecule has 7 nitrogen and oxygen atoms in total. The van der Waals surface area contributed by atoms with Crippen LogP contribution >= 0.6 is 0 Å². The van der Waals surface area contributed by atoms with Crippen LogP contribution in [0.5, 0.6) is 0 Å². The smallest absolute Gasteiger partial charge is 0.336 e. The number of aromatic carboxylic acids is 2. The Balaban J connectivity index is 0.000000396. The SMILES string of the molecule is CC(O)C(O)C(C)O.O=C(O)c1ccccc1C(=O)O. The summed E-state index contributed by atoms with van der Waals surface area (Å²) in [4.78, 5) is 20.9. The summed E-state index contributed by atoms with van der Waals surface area (Å²) in [6.45, 7) is 2.86.